The van der Waals surface area contributed by atoms with Gasteiger partial charge in [-0.3, -0.25) is 10.5 Å². The van der Waals surface area contributed by atoms with E-state index in [1.54, 1.807) is 0 Å². The van der Waals surface area contributed by atoms with Crippen molar-refractivity contribution in [1.29, 1.82) is 0 Å². The van der Waals surface area contributed by atoms with Crippen molar-refractivity contribution in [3.63, 3.8) is 0 Å². The number of hydrogen-bond acceptors (Lipinski definition) is 1. The summed E-state index contributed by atoms with van der Waals surface area (Å²) in [5, 5.41) is 0. The van der Waals surface area contributed by atoms with Gasteiger partial charge in [-0.1, -0.05) is 13.8 Å². The second-order valence-corrected chi connectivity index (χ2v) is 2.36. The Morgan fingerprint density at radius 1 is 1.62 bits per heavy atom. The van der Waals surface area contributed by atoms with Gasteiger partial charge in [-0.05, 0) is 12.3 Å². The molecule has 0 unspecified atom stereocenters. The summed E-state index contributed by atoms with van der Waals surface area (Å²) in [5.41, 5.74) is 6.53. The average molecular weight is 114 g/mol. The Labute approximate surface area is 50.1 Å². The molecule has 1 amide bonds. The summed E-state index contributed by atoms with van der Waals surface area (Å²) in [5.74, 6) is 0.100. The Hall–Kier alpha value is -0.530. The first-order valence-electron chi connectivity index (χ1n) is 2.87. The van der Waals surface area contributed by atoms with E-state index in [1.807, 2.05) is 13.8 Å². The van der Waals surface area contributed by atoms with Crippen LogP contribution >= 0.6 is 0 Å². The minimum atomic E-state index is -0.446. The first-order chi connectivity index (χ1) is 3.63. The maximum Gasteiger partial charge on any atom is 0.238 e. The van der Waals surface area contributed by atoms with Gasteiger partial charge in [0.05, 0.1) is 0 Å². The summed E-state index contributed by atoms with van der Waals surface area (Å²) in [7, 11) is 0. The Morgan fingerprint density at radius 3 is 2.25 bits per heavy atom. The van der Waals surface area contributed by atoms with Crippen molar-refractivity contribution in [2.24, 2.45) is 5.92 Å². The number of rotatable bonds is 3. The van der Waals surface area contributed by atoms with E-state index in [9.17, 15) is 4.79 Å². The van der Waals surface area contributed by atoms with Crippen LogP contribution in [-0.4, -0.2) is 5.91 Å². The molecule has 0 bridgehead atoms. The van der Waals surface area contributed by atoms with Crippen molar-refractivity contribution in [1.82, 2.24) is 5.73 Å². The third kappa shape index (κ3) is 5.47. The van der Waals surface area contributed by atoms with Gasteiger partial charge in [0.2, 0.25) is 5.91 Å². The fraction of sp³-hybridized carbons (Fsp3) is 0.833. The zero-order chi connectivity index (χ0) is 6.57. The molecule has 0 atom stereocenters. The molecule has 0 aliphatic carbocycles. The number of carbonyl (C=O) groups excluding carboxylic acids is 1. The lowest BCUT2D eigenvalue weighted by atomic mass is 10.1. The van der Waals surface area contributed by atoms with Crippen LogP contribution in [0.1, 0.15) is 26.7 Å². The molecule has 0 aromatic rings. The van der Waals surface area contributed by atoms with Crippen LogP contribution in [0.2, 0.25) is 0 Å². The van der Waals surface area contributed by atoms with Crippen LogP contribution < -0.4 is 5.73 Å². The van der Waals surface area contributed by atoms with Crippen molar-refractivity contribution in [2.45, 2.75) is 26.7 Å². The van der Waals surface area contributed by atoms with E-state index in [1.165, 1.54) is 0 Å². The van der Waals surface area contributed by atoms with Crippen LogP contribution in [0, 0.1) is 5.92 Å². The molecular weight excluding hydrogens is 102 g/mol. The maximum atomic E-state index is 10.0. The van der Waals surface area contributed by atoms with E-state index < -0.39 is 5.91 Å². The molecule has 2 heteroatoms. The summed E-state index contributed by atoms with van der Waals surface area (Å²) in [6.45, 7) is 4.09. The second-order valence-electron chi connectivity index (χ2n) is 2.36. The molecule has 2 nitrogen and oxygen atoms in total. The van der Waals surface area contributed by atoms with Crippen molar-refractivity contribution in [3.05, 3.63) is 0 Å². The Bertz CT molecular complexity index is 78.6. The second kappa shape index (κ2) is 3.47. The van der Waals surface area contributed by atoms with E-state index in [4.69, 9.17) is 5.73 Å². The lowest BCUT2D eigenvalue weighted by Gasteiger charge is -1.97. The van der Waals surface area contributed by atoms with Gasteiger partial charge in [-0.2, -0.15) is 0 Å². The standard InChI is InChI=1S/C6H12NO/c1-5(2)3-4-6(7)8/h5,7H,3-4H2,1-2H3. The minimum Gasteiger partial charge on any atom is -0.273 e. The normalized spacial score (nSPS) is 9.88. The molecule has 0 heterocycles. The fourth-order valence-electron chi connectivity index (χ4n) is 0.420. The van der Waals surface area contributed by atoms with Gasteiger partial charge in [-0.25, -0.2) is 0 Å². The summed E-state index contributed by atoms with van der Waals surface area (Å²) >= 11 is 0. The van der Waals surface area contributed by atoms with Crippen LogP contribution in [0.15, 0.2) is 0 Å². The lowest BCUT2D eigenvalue weighted by Crippen LogP contribution is -1.99. The molecule has 0 rings (SSSR count). The van der Waals surface area contributed by atoms with Crippen LogP contribution in [0.5, 0.6) is 0 Å². The van der Waals surface area contributed by atoms with Gasteiger partial charge in [-0.15, -0.1) is 0 Å². The lowest BCUT2D eigenvalue weighted by molar-refractivity contribution is -0.118. The molecule has 0 aliphatic rings. The third-order valence-electron chi connectivity index (χ3n) is 0.949. The topological polar surface area (TPSA) is 40.9 Å². The largest absolute Gasteiger partial charge is 0.273 e. The predicted octanol–water partition coefficient (Wildman–Crippen LogP) is 1.23. The van der Waals surface area contributed by atoms with Crippen LogP contribution in [0.4, 0.5) is 0 Å². The quantitative estimate of drug-likeness (QED) is 0.544. The average Bonchev–Trinajstić information content (AvgIpc) is 1.61. The molecule has 0 aromatic heterocycles. The smallest absolute Gasteiger partial charge is 0.238 e. The zero-order valence-electron chi connectivity index (χ0n) is 5.40. The molecule has 47 valence electrons. The molecule has 0 aromatic carbocycles. The van der Waals surface area contributed by atoms with Gasteiger partial charge in [0.1, 0.15) is 0 Å². The van der Waals surface area contributed by atoms with Crippen molar-refractivity contribution < 1.29 is 4.79 Å². The van der Waals surface area contributed by atoms with Gasteiger partial charge >= 0.3 is 0 Å². The Kier molecular flexibility index (Phi) is 3.24. The van der Waals surface area contributed by atoms with Crippen molar-refractivity contribution in [3.8, 4) is 0 Å². The van der Waals surface area contributed by atoms with Crippen LogP contribution in [-0.2, 0) is 4.79 Å². The molecule has 0 aliphatic heterocycles. The summed E-state index contributed by atoms with van der Waals surface area (Å²) in [6, 6.07) is 0. The van der Waals surface area contributed by atoms with Crippen molar-refractivity contribution in [2.75, 3.05) is 0 Å². The molecule has 0 saturated heterocycles. The highest BCUT2D eigenvalue weighted by Crippen LogP contribution is 2.01. The molecule has 8 heavy (non-hydrogen) atoms. The van der Waals surface area contributed by atoms with Gasteiger partial charge in [0.25, 0.3) is 0 Å². The maximum absolute atomic E-state index is 10.0. The highest BCUT2D eigenvalue weighted by atomic mass is 16.1. The SMILES string of the molecule is CC(C)CCC([NH])=O. The van der Waals surface area contributed by atoms with Gasteiger partial charge < -0.3 is 0 Å². The number of hydrogen-bond donors (Lipinski definition) is 0. The van der Waals surface area contributed by atoms with E-state index in [-0.39, 0.29) is 0 Å². The van der Waals surface area contributed by atoms with E-state index in [2.05, 4.69) is 0 Å². The molecular formula is C6H12NO. The molecule has 1 radical (unpaired) electrons. The highest BCUT2D eigenvalue weighted by molar-refractivity contribution is 5.72. The number of amides is 1. The van der Waals surface area contributed by atoms with E-state index >= 15 is 0 Å². The predicted molar refractivity (Wildman–Crippen MR) is 32.2 cm³/mol. The summed E-state index contributed by atoms with van der Waals surface area (Å²) in [6.07, 6.45) is 1.26. The highest BCUT2D eigenvalue weighted by Gasteiger charge is 1.96. The Balaban J connectivity index is 3.05. The molecule has 0 fully saturated rings. The zero-order valence-corrected chi connectivity index (χ0v) is 5.40. The Morgan fingerprint density at radius 2 is 2.12 bits per heavy atom. The van der Waals surface area contributed by atoms with Gasteiger partial charge in [0, 0.05) is 6.42 Å². The fourth-order valence-corrected chi connectivity index (χ4v) is 0.420. The van der Waals surface area contributed by atoms with Crippen LogP contribution in [0.3, 0.4) is 0 Å². The summed E-state index contributed by atoms with van der Waals surface area (Å²) in [4.78, 5) is 10.0. The summed E-state index contributed by atoms with van der Waals surface area (Å²) < 4.78 is 0. The van der Waals surface area contributed by atoms with E-state index in [0.29, 0.717) is 12.3 Å². The van der Waals surface area contributed by atoms with E-state index in [0.717, 1.165) is 6.42 Å². The minimum absolute atomic E-state index is 0.414. The third-order valence-corrected chi connectivity index (χ3v) is 0.949. The molecule has 0 spiro atoms. The van der Waals surface area contributed by atoms with Crippen LogP contribution in [0.25, 0.3) is 0 Å². The number of nitrogens with one attached hydrogen (secondary N) is 1. The monoisotopic (exact) mass is 114 g/mol. The molecule has 1 N–H and O–H groups in total. The first kappa shape index (κ1) is 7.47. The van der Waals surface area contributed by atoms with Gasteiger partial charge in [0.15, 0.2) is 0 Å². The number of carbonyl (C=O) groups is 1. The molecule has 0 saturated carbocycles. The first-order valence-corrected chi connectivity index (χ1v) is 2.87. The van der Waals surface area contributed by atoms with Crippen molar-refractivity contribution >= 4 is 5.91 Å².